The van der Waals surface area contributed by atoms with Gasteiger partial charge in [0.15, 0.2) is 22.4 Å². The summed E-state index contributed by atoms with van der Waals surface area (Å²) in [4.78, 5) is 35.9. The van der Waals surface area contributed by atoms with E-state index in [9.17, 15) is 14.4 Å². The number of aromatic nitrogens is 6. The molecule has 0 amide bonds. The monoisotopic (exact) mass is 1280 g/mol. The molecule has 5 aromatic carbocycles. The van der Waals surface area contributed by atoms with Crippen molar-refractivity contribution in [1.82, 2.24) is 29.3 Å². The van der Waals surface area contributed by atoms with E-state index in [1.165, 1.54) is 18.3 Å². The van der Waals surface area contributed by atoms with Crippen LogP contribution in [-0.2, 0) is 68.0 Å². The van der Waals surface area contributed by atoms with Gasteiger partial charge in [0.1, 0.15) is 28.3 Å². The third-order valence-electron chi connectivity index (χ3n) is 15.8. The second-order valence-electron chi connectivity index (χ2n) is 22.0. The highest BCUT2D eigenvalue weighted by Gasteiger charge is 2.33. The number of hydrogen-bond donors (Lipinski definition) is 0. The van der Waals surface area contributed by atoms with Crippen LogP contribution >= 0.6 is 46.1 Å². The van der Waals surface area contributed by atoms with Gasteiger partial charge >= 0.3 is 0 Å². The zero-order valence-electron chi connectivity index (χ0n) is 52.7. The molecule has 0 fully saturated rings. The van der Waals surface area contributed by atoms with Gasteiger partial charge in [0, 0.05) is 43.2 Å². The quantitative estimate of drug-likeness (QED) is 0.0480. The zero-order valence-corrected chi connectivity index (χ0v) is 55.8. The van der Waals surface area contributed by atoms with E-state index in [2.05, 4.69) is 0 Å². The molecule has 15 nitrogen and oxygen atoms in total. The van der Waals surface area contributed by atoms with Gasteiger partial charge in [-0.3, -0.25) is 28.4 Å². The summed E-state index contributed by atoms with van der Waals surface area (Å²) in [7, 11) is 4.95. The topological polar surface area (TPSA) is 160 Å². The van der Waals surface area contributed by atoms with Gasteiger partial charge in [0.2, 0.25) is 0 Å². The number of nitrogens with zero attached hydrogens (tertiary/aromatic N) is 6. The second-order valence-corrected chi connectivity index (χ2v) is 24.1. The maximum Gasteiger partial charge on any atom is 0.173 e. The van der Waals surface area contributed by atoms with Crippen molar-refractivity contribution >= 4 is 63.5 Å². The van der Waals surface area contributed by atoms with E-state index in [4.69, 9.17) is 78.5 Å². The van der Waals surface area contributed by atoms with Crippen LogP contribution in [0.4, 0.5) is 0 Å². The van der Waals surface area contributed by atoms with Crippen molar-refractivity contribution in [2.75, 3.05) is 21.3 Å². The summed E-state index contributed by atoms with van der Waals surface area (Å²) in [5.41, 5.74) is 8.52. The number of ketones is 3. The third-order valence-corrected chi connectivity index (χ3v) is 17.8. The standard InChI is InChI=1S/C25H29ClN2O3.C24H27ClN2O3.C21H23ClN2O3S/c1-5-25(6-2,18(3)29)31-17-21-15-24(19-11-9-12-22(14-19)30-4)28(27-21)16-20-10-7-8-13-23(20)26;1-5-24(3,17(2)28)30-16-20-14-23(18-10-8-11-21(13-18)29-4)27(26-20)15-19-9-6-7-12-22(19)25;1-14(25)21(2,3)27-12-17-10-19(16-9-20(26-4)28-13-16)24(23-17)11-15-7-5-6-8-18(15)22/h7-15H,5-6,16-17H2,1-4H3;6-14H,5,15-16H2,1-4H3;5-10,13H,11-12H2,1-4H3. The summed E-state index contributed by atoms with van der Waals surface area (Å²) in [6, 6.07) is 46.8. The lowest BCUT2D eigenvalue weighted by atomic mass is 9.93. The first-order chi connectivity index (χ1) is 42.6. The van der Waals surface area contributed by atoms with Gasteiger partial charge < -0.3 is 28.4 Å². The molecule has 4 heterocycles. The largest absolute Gasteiger partial charge is 0.497 e. The van der Waals surface area contributed by atoms with Crippen molar-refractivity contribution in [3.8, 4) is 50.3 Å². The van der Waals surface area contributed by atoms with Crippen LogP contribution in [0.15, 0.2) is 151 Å². The van der Waals surface area contributed by atoms with E-state index in [0.717, 1.165) is 84.1 Å². The molecule has 0 radical (unpaired) electrons. The van der Waals surface area contributed by atoms with E-state index in [-0.39, 0.29) is 37.2 Å². The Morgan fingerprint density at radius 1 is 0.461 bits per heavy atom. The minimum atomic E-state index is -0.849. The Bertz CT molecular complexity index is 3830. The fourth-order valence-corrected chi connectivity index (χ4v) is 10.8. The summed E-state index contributed by atoms with van der Waals surface area (Å²) in [6.45, 7) is 18.2. The van der Waals surface area contributed by atoms with Crippen LogP contribution in [0.1, 0.15) is 115 Å². The Labute approximate surface area is 541 Å². The van der Waals surface area contributed by atoms with E-state index < -0.39 is 16.8 Å². The highest BCUT2D eigenvalue weighted by molar-refractivity contribution is 7.12. The molecule has 9 rings (SSSR count). The van der Waals surface area contributed by atoms with Crippen molar-refractivity contribution in [2.45, 2.75) is 138 Å². The molecule has 0 aliphatic rings. The van der Waals surface area contributed by atoms with Crippen LogP contribution < -0.4 is 14.2 Å². The van der Waals surface area contributed by atoms with Crippen LogP contribution in [0, 0.1) is 0 Å². The highest BCUT2D eigenvalue weighted by atomic mass is 35.5. The minimum absolute atomic E-state index is 0.00789. The molecule has 89 heavy (non-hydrogen) atoms. The molecule has 0 N–H and O–H groups in total. The number of halogens is 3. The van der Waals surface area contributed by atoms with Crippen LogP contribution in [0.5, 0.6) is 16.6 Å². The average Bonchev–Trinajstić information content (AvgIpc) is 1.98. The molecule has 9 aromatic rings. The van der Waals surface area contributed by atoms with E-state index in [1.54, 1.807) is 49.0 Å². The summed E-state index contributed by atoms with van der Waals surface area (Å²) < 4.78 is 39.7. The lowest BCUT2D eigenvalue weighted by Crippen LogP contribution is -2.38. The molecule has 4 aromatic heterocycles. The van der Waals surface area contributed by atoms with Gasteiger partial charge in [-0.2, -0.15) is 15.3 Å². The Morgan fingerprint density at radius 2 is 0.865 bits per heavy atom. The Kier molecular flexibility index (Phi) is 24.7. The number of hydrogen-bond acceptors (Lipinski definition) is 13. The van der Waals surface area contributed by atoms with Crippen LogP contribution in [0.25, 0.3) is 33.8 Å². The molecule has 470 valence electrons. The van der Waals surface area contributed by atoms with Gasteiger partial charge in [-0.05, 0) is 138 Å². The third kappa shape index (κ3) is 18.2. The number of benzene rings is 5. The van der Waals surface area contributed by atoms with Crippen LogP contribution in [0.3, 0.4) is 0 Å². The Hall–Kier alpha value is -7.41. The number of carbonyl (C=O) groups excluding carboxylic acids is 3. The fraction of sp³-hybridized carbons (Fsp3) is 0.343. The normalized spacial score (nSPS) is 12.1. The van der Waals surface area contributed by atoms with Crippen molar-refractivity contribution in [3.05, 3.63) is 200 Å². The zero-order chi connectivity index (χ0) is 64.5. The molecule has 1 unspecified atom stereocenters. The maximum absolute atomic E-state index is 12.2. The predicted octanol–water partition coefficient (Wildman–Crippen LogP) is 16.7. The molecule has 1 atom stereocenters. The van der Waals surface area contributed by atoms with E-state index in [1.807, 2.05) is 193 Å². The summed E-state index contributed by atoms with van der Waals surface area (Å²) in [6.07, 6.45) is 1.86. The summed E-state index contributed by atoms with van der Waals surface area (Å²) in [5, 5.41) is 19.2. The fourth-order valence-electron chi connectivity index (χ4n) is 9.47. The van der Waals surface area contributed by atoms with Crippen molar-refractivity contribution in [3.63, 3.8) is 0 Å². The molecule has 0 spiro atoms. The first-order valence-corrected chi connectivity index (χ1v) is 31.4. The second kappa shape index (κ2) is 31.9. The molecule has 0 aliphatic carbocycles. The van der Waals surface area contributed by atoms with Gasteiger partial charge in [-0.25, -0.2) is 0 Å². The maximum atomic E-state index is 12.2. The number of ether oxygens (including phenoxy) is 6. The molecule has 0 saturated heterocycles. The van der Waals surface area contributed by atoms with Crippen LogP contribution in [-0.4, -0.2) is 84.8 Å². The van der Waals surface area contributed by atoms with Gasteiger partial charge in [0.25, 0.3) is 0 Å². The SMILES string of the molecule is CCC(C)(OCc1cc(-c2cccc(OC)c2)n(Cc2ccccc2Cl)n1)C(C)=O.CCC(CC)(OCc1cc(-c2cccc(OC)c2)n(Cc2ccccc2Cl)n1)C(C)=O.COc1cc(-c2cc(COC(C)(C)C(C)=O)nn2Cc2ccccc2Cl)cs1. The smallest absolute Gasteiger partial charge is 0.173 e. The number of thiophene rings is 1. The molecular weight excluding hydrogens is 1210 g/mol. The van der Waals surface area contributed by atoms with E-state index in [0.29, 0.717) is 54.0 Å². The van der Waals surface area contributed by atoms with Gasteiger partial charge in [0.05, 0.1) is 94.9 Å². The lowest BCUT2D eigenvalue weighted by molar-refractivity contribution is -0.146. The van der Waals surface area contributed by atoms with Crippen molar-refractivity contribution < 1.29 is 42.8 Å². The lowest BCUT2D eigenvalue weighted by Gasteiger charge is -2.28. The van der Waals surface area contributed by atoms with Crippen molar-refractivity contribution in [1.29, 1.82) is 0 Å². The molecule has 19 heteroatoms. The number of Topliss-reactive ketones (excluding diaryl/α,β-unsaturated/α-hetero) is 3. The molecule has 0 aliphatic heterocycles. The van der Waals surface area contributed by atoms with E-state index >= 15 is 0 Å². The molecular formula is C70H79Cl3N6O9S. The summed E-state index contributed by atoms with van der Waals surface area (Å²) >= 11 is 20.6. The number of rotatable bonds is 27. The minimum Gasteiger partial charge on any atom is -0.497 e. The Morgan fingerprint density at radius 3 is 1.21 bits per heavy atom. The number of methoxy groups -OCH3 is 3. The van der Waals surface area contributed by atoms with Crippen molar-refractivity contribution in [2.24, 2.45) is 0 Å². The summed E-state index contributed by atoms with van der Waals surface area (Å²) in [5.74, 6) is 1.57. The average molecular weight is 1290 g/mol. The number of carbonyl (C=O) groups is 3. The Balaban J connectivity index is 0.000000190. The first-order valence-electron chi connectivity index (χ1n) is 29.4. The predicted molar refractivity (Wildman–Crippen MR) is 355 cm³/mol. The molecule has 0 bridgehead atoms. The van der Waals surface area contributed by atoms with Gasteiger partial charge in [-0.1, -0.05) is 134 Å². The molecule has 0 saturated carbocycles. The van der Waals surface area contributed by atoms with Gasteiger partial charge in [-0.15, -0.1) is 11.3 Å². The first kappa shape index (κ1) is 69.1. The van der Waals surface area contributed by atoms with Crippen LogP contribution in [0.2, 0.25) is 15.1 Å². The highest BCUT2D eigenvalue weighted by Crippen LogP contribution is 2.34.